The van der Waals surface area contributed by atoms with Gasteiger partial charge in [0, 0.05) is 51.1 Å². The van der Waals surface area contributed by atoms with E-state index in [1.165, 1.54) is 0 Å². The Morgan fingerprint density at radius 1 is 0.370 bits per heavy atom. The average molecular weight is 735 g/mol. The van der Waals surface area contributed by atoms with Gasteiger partial charge in [0.1, 0.15) is 23.0 Å². The first-order valence-electron chi connectivity index (χ1n) is 20.4. The molecule has 4 nitrogen and oxygen atoms in total. The second-order valence-corrected chi connectivity index (χ2v) is 18.7. The highest BCUT2D eigenvalue weighted by atomic mass is 16.3. The zero-order chi connectivity index (χ0) is 40.7. The highest BCUT2D eigenvalue weighted by molar-refractivity contribution is 5.59. The predicted octanol–water partition coefficient (Wildman–Crippen LogP) is 13.7. The van der Waals surface area contributed by atoms with E-state index in [0.717, 1.165) is 81.3 Å². The number of phenolic OH excluding ortho intramolecular Hbond substituents is 4. The molecular weight excluding hydrogens is 665 g/mol. The van der Waals surface area contributed by atoms with Crippen molar-refractivity contribution in [1.82, 2.24) is 0 Å². The summed E-state index contributed by atoms with van der Waals surface area (Å²) >= 11 is 0. The molecule has 294 valence electrons. The molecule has 4 N–H and O–H groups in total. The molecule has 0 bridgehead atoms. The number of benzene rings is 4. The Bertz CT molecular complexity index is 1820. The smallest absolute Gasteiger partial charge is 0.123 e. The molecule has 4 aromatic carbocycles. The minimum atomic E-state index is -0.375. The van der Waals surface area contributed by atoms with Crippen LogP contribution >= 0.6 is 0 Å². The molecular formula is C50H70O4. The first kappa shape index (κ1) is 42.8. The lowest BCUT2D eigenvalue weighted by Gasteiger charge is -2.31. The summed E-state index contributed by atoms with van der Waals surface area (Å²) in [6, 6.07) is 20.3. The average Bonchev–Trinajstić information content (AvgIpc) is 3.14. The number of hydrogen-bond acceptors (Lipinski definition) is 4. The van der Waals surface area contributed by atoms with Crippen LogP contribution in [0.15, 0.2) is 60.7 Å². The van der Waals surface area contributed by atoms with E-state index < -0.39 is 0 Å². The third-order valence-electron chi connectivity index (χ3n) is 13.9. The van der Waals surface area contributed by atoms with Crippen molar-refractivity contribution < 1.29 is 20.4 Å². The Balaban J connectivity index is 2.00. The van der Waals surface area contributed by atoms with E-state index in [1.807, 2.05) is 12.1 Å². The van der Waals surface area contributed by atoms with Crippen LogP contribution in [0.25, 0.3) is 0 Å². The van der Waals surface area contributed by atoms with Crippen molar-refractivity contribution in [3.63, 3.8) is 0 Å². The lowest BCUT2D eigenvalue weighted by atomic mass is 9.74. The van der Waals surface area contributed by atoms with Crippen molar-refractivity contribution in [2.75, 3.05) is 0 Å². The minimum Gasteiger partial charge on any atom is -0.508 e. The van der Waals surface area contributed by atoms with Crippen LogP contribution in [-0.2, 0) is 21.7 Å². The van der Waals surface area contributed by atoms with Crippen LogP contribution in [0.5, 0.6) is 23.0 Å². The van der Waals surface area contributed by atoms with E-state index in [0.29, 0.717) is 0 Å². The molecule has 4 aromatic rings. The van der Waals surface area contributed by atoms with Crippen molar-refractivity contribution in [2.24, 2.45) is 0 Å². The molecule has 0 spiro atoms. The number of phenols is 4. The van der Waals surface area contributed by atoms with Gasteiger partial charge in [-0.2, -0.15) is 0 Å². The zero-order valence-electron chi connectivity index (χ0n) is 36.1. The summed E-state index contributed by atoms with van der Waals surface area (Å²) in [7, 11) is 0. The summed E-state index contributed by atoms with van der Waals surface area (Å²) in [6.45, 7) is 32.7. The third kappa shape index (κ3) is 8.19. The molecule has 0 radical (unpaired) electrons. The summed E-state index contributed by atoms with van der Waals surface area (Å²) in [4.78, 5) is 0. The Kier molecular flexibility index (Phi) is 12.4. The Labute approximate surface area is 327 Å². The lowest BCUT2D eigenvalue weighted by Crippen LogP contribution is -2.19. The van der Waals surface area contributed by atoms with Crippen molar-refractivity contribution in [3.8, 4) is 23.0 Å². The molecule has 0 heterocycles. The third-order valence-corrected chi connectivity index (χ3v) is 13.9. The fraction of sp³-hybridized carbons (Fsp3) is 0.520. The van der Waals surface area contributed by atoms with Crippen LogP contribution in [0.3, 0.4) is 0 Å². The molecule has 0 aliphatic carbocycles. The fourth-order valence-corrected chi connectivity index (χ4v) is 7.43. The van der Waals surface area contributed by atoms with Crippen LogP contribution in [0, 0.1) is 0 Å². The van der Waals surface area contributed by atoms with E-state index in [9.17, 15) is 20.4 Å². The largest absolute Gasteiger partial charge is 0.508 e. The van der Waals surface area contributed by atoms with Crippen LogP contribution in [0.2, 0.25) is 0 Å². The normalized spacial score (nSPS) is 14.6. The van der Waals surface area contributed by atoms with E-state index in [4.69, 9.17) is 0 Å². The molecule has 0 saturated carbocycles. The predicted molar refractivity (Wildman–Crippen MR) is 228 cm³/mol. The molecule has 0 amide bonds. The van der Waals surface area contributed by atoms with Crippen molar-refractivity contribution in [1.29, 1.82) is 0 Å². The Morgan fingerprint density at radius 2 is 0.593 bits per heavy atom. The Morgan fingerprint density at radius 3 is 0.852 bits per heavy atom. The van der Waals surface area contributed by atoms with Crippen molar-refractivity contribution in [2.45, 2.75) is 169 Å². The van der Waals surface area contributed by atoms with Gasteiger partial charge in [-0.25, -0.2) is 0 Å². The van der Waals surface area contributed by atoms with Crippen LogP contribution in [-0.4, -0.2) is 20.4 Å². The van der Waals surface area contributed by atoms with Gasteiger partial charge in [-0.3, -0.25) is 0 Å². The second kappa shape index (κ2) is 15.7. The maximum atomic E-state index is 12.4. The molecule has 4 heteroatoms. The van der Waals surface area contributed by atoms with Gasteiger partial charge >= 0.3 is 0 Å². The van der Waals surface area contributed by atoms with E-state index >= 15 is 0 Å². The fourth-order valence-electron chi connectivity index (χ4n) is 7.43. The molecule has 0 aliphatic heterocycles. The lowest BCUT2D eigenvalue weighted by molar-refractivity contribution is 0.439. The Hall–Kier alpha value is -3.92. The van der Waals surface area contributed by atoms with Crippen molar-refractivity contribution in [3.05, 3.63) is 116 Å². The van der Waals surface area contributed by atoms with Crippen molar-refractivity contribution >= 4 is 0 Å². The van der Waals surface area contributed by atoms with E-state index in [-0.39, 0.29) is 62.4 Å². The minimum absolute atomic E-state index is 0.0656. The van der Waals surface area contributed by atoms with Gasteiger partial charge in [-0.15, -0.1) is 0 Å². The maximum Gasteiger partial charge on any atom is 0.123 e. The standard InChI is InChI=1S/C50H70O4/c1-16-47(8,9)33-20-22-43(51)37(24-33)30(5)39-26-35(49(12,13)18-3)28-41(45(39)53)32(7)42-29-36(50(14,15)19-4)27-40(46(42)54)31(6)38-25-34(21-23-44(38)52)48(10,11)17-2/h20-32,51-54H,16-19H2,1-15H3. The van der Waals surface area contributed by atoms with Crippen LogP contribution in [0.1, 0.15) is 203 Å². The van der Waals surface area contributed by atoms with Gasteiger partial charge in [0.15, 0.2) is 0 Å². The molecule has 0 aliphatic rings. The molecule has 0 fully saturated rings. The zero-order valence-corrected chi connectivity index (χ0v) is 36.1. The first-order valence-corrected chi connectivity index (χ1v) is 20.4. The van der Waals surface area contributed by atoms with E-state index in [2.05, 4.69) is 140 Å². The number of aromatic hydroxyl groups is 4. The number of hydrogen-bond donors (Lipinski definition) is 4. The molecule has 2 unspecified atom stereocenters. The SMILES string of the molecule is CCC(C)(C)c1ccc(O)c(C(C)c2cc(C(C)(C)CC)cc(C(C)c3cc(C(C)(C)CC)cc(C(C)c4cc(C(C)(C)CC)ccc4O)c3O)c2O)c1. The summed E-state index contributed by atoms with van der Waals surface area (Å²) < 4.78 is 0. The molecule has 0 aromatic heterocycles. The van der Waals surface area contributed by atoms with Crippen LogP contribution in [0.4, 0.5) is 0 Å². The molecule has 0 saturated heterocycles. The summed E-state index contributed by atoms with van der Waals surface area (Å²) in [6.07, 6.45) is 3.71. The van der Waals surface area contributed by atoms with Gasteiger partial charge in [0.05, 0.1) is 0 Å². The molecule has 54 heavy (non-hydrogen) atoms. The van der Waals surface area contributed by atoms with Gasteiger partial charge in [-0.05, 0) is 81.7 Å². The maximum absolute atomic E-state index is 12.4. The summed E-state index contributed by atoms with van der Waals surface area (Å²) in [5.41, 5.74) is 8.59. The summed E-state index contributed by atoms with van der Waals surface area (Å²) in [5.74, 6) is -0.167. The first-order chi connectivity index (χ1) is 25.0. The highest BCUT2D eigenvalue weighted by Gasteiger charge is 2.32. The quantitative estimate of drug-likeness (QED) is 0.104. The second-order valence-electron chi connectivity index (χ2n) is 18.7. The monoisotopic (exact) mass is 735 g/mol. The van der Waals surface area contributed by atoms with E-state index in [1.54, 1.807) is 12.1 Å². The van der Waals surface area contributed by atoms with Crippen LogP contribution < -0.4 is 0 Å². The van der Waals surface area contributed by atoms with Gasteiger partial charge in [0.25, 0.3) is 0 Å². The van der Waals surface area contributed by atoms with Gasteiger partial charge in [-0.1, -0.05) is 152 Å². The highest BCUT2D eigenvalue weighted by Crippen LogP contribution is 2.49. The van der Waals surface area contributed by atoms with Gasteiger partial charge < -0.3 is 20.4 Å². The number of rotatable bonds is 14. The molecule has 4 rings (SSSR count). The summed E-state index contributed by atoms with van der Waals surface area (Å²) in [5, 5.41) is 47.2. The topological polar surface area (TPSA) is 80.9 Å². The molecule has 2 atom stereocenters. The van der Waals surface area contributed by atoms with Gasteiger partial charge in [0.2, 0.25) is 0 Å².